The Kier molecular flexibility index (Phi) is 3.75. The zero-order valence-electron chi connectivity index (χ0n) is 14.4. The number of hydrogen-bond acceptors (Lipinski definition) is 7. The lowest BCUT2D eigenvalue weighted by Gasteiger charge is -2.43. The lowest BCUT2D eigenvalue weighted by atomic mass is 9.83. The number of fused-ring (bicyclic) bond motifs is 2. The summed E-state index contributed by atoms with van der Waals surface area (Å²) < 4.78 is 11.7. The van der Waals surface area contributed by atoms with Crippen LogP contribution in [0, 0.1) is 6.92 Å². The van der Waals surface area contributed by atoms with Crippen molar-refractivity contribution >= 4 is 6.01 Å². The van der Waals surface area contributed by atoms with Crippen molar-refractivity contribution in [3.05, 3.63) is 29.1 Å². The molecule has 24 heavy (non-hydrogen) atoms. The van der Waals surface area contributed by atoms with Gasteiger partial charge in [0.25, 0.3) is 0 Å². The molecule has 0 radical (unpaired) electrons. The van der Waals surface area contributed by atoms with E-state index in [9.17, 15) is 0 Å². The van der Waals surface area contributed by atoms with E-state index in [0.29, 0.717) is 6.01 Å². The Hall–Kier alpha value is -2.02. The van der Waals surface area contributed by atoms with Crippen molar-refractivity contribution in [2.45, 2.75) is 51.6 Å². The SMILES string of the molecule is Cc1ncc2c(n1)C1(CCN(c3nc(C(C)C)no3)CC1)OCC2. The molecule has 1 saturated heterocycles. The van der Waals surface area contributed by atoms with Crippen molar-refractivity contribution in [1.82, 2.24) is 20.1 Å². The third-order valence-electron chi connectivity index (χ3n) is 4.96. The second-order valence-electron chi connectivity index (χ2n) is 6.96. The van der Waals surface area contributed by atoms with Crippen LogP contribution in [0.3, 0.4) is 0 Å². The molecule has 7 nitrogen and oxygen atoms in total. The van der Waals surface area contributed by atoms with Crippen molar-refractivity contribution in [3.63, 3.8) is 0 Å². The van der Waals surface area contributed by atoms with E-state index in [1.807, 2.05) is 13.1 Å². The Labute approximate surface area is 141 Å². The number of aryl methyl sites for hydroxylation is 1. The van der Waals surface area contributed by atoms with Crippen LogP contribution in [-0.2, 0) is 16.8 Å². The van der Waals surface area contributed by atoms with Crippen LogP contribution in [0.25, 0.3) is 0 Å². The molecule has 7 heteroatoms. The topological polar surface area (TPSA) is 77.2 Å². The van der Waals surface area contributed by atoms with Gasteiger partial charge >= 0.3 is 6.01 Å². The van der Waals surface area contributed by atoms with E-state index in [4.69, 9.17) is 14.2 Å². The maximum atomic E-state index is 6.23. The van der Waals surface area contributed by atoms with Gasteiger partial charge < -0.3 is 14.2 Å². The van der Waals surface area contributed by atoms with Gasteiger partial charge in [-0.15, -0.1) is 0 Å². The van der Waals surface area contributed by atoms with Crippen LogP contribution in [0.1, 0.15) is 55.5 Å². The molecule has 0 aliphatic carbocycles. The molecule has 2 aromatic rings. The van der Waals surface area contributed by atoms with Crippen LogP contribution < -0.4 is 4.90 Å². The molecule has 128 valence electrons. The highest BCUT2D eigenvalue weighted by atomic mass is 16.5. The number of aromatic nitrogens is 4. The number of hydrogen-bond donors (Lipinski definition) is 0. The Morgan fingerprint density at radius 3 is 2.71 bits per heavy atom. The first-order valence-corrected chi connectivity index (χ1v) is 8.63. The van der Waals surface area contributed by atoms with E-state index >= 15 is 0 Å². The zero-order valence-corrected chi connectivity index (χ0v) is 14.4. The van der Waals surface area contributed by atoms with Crippen LogP contribution in [0.4, 0.5) is 6.01 Å². The van der Waals surface area contributed by atoms with Crippen molar-refractivity contribution in [1.29, 1.82) is 0 Å². The molecular weight excluding hydrogens is 306 g/mol. The second kappa shape index (κ2) is 5.81. The number of piperidine rings is 1. The highest BCUT2D eigenvalue weighted by Gasteiger charge is 2.43. The van der Waals surface area contributed by atoms with E-state index in [1.165, 1.54) is 5.56 Å². The Morgan fingerprint density at radius 1 is 1.21 bits per heavy atom. The molecule has 1 fully saturated rings. The van der Waals surface area contributed by atoms with Crippen LogP contribution in [-0.4, -0.2) is 39.8 Å². The normalized spacial score (nSPS) is 19.8. The molecule has 4 rings (SSSR count). The van der Waals surface area contributed by atoms with Gasteiger partial charge in [0.1, 0.15) is 11.4 Å². The average molecular weight is 329 g/mol. The summed E-state index contributed by atoms with van der Waals surface area (Å²) in [5, 5.41) is 4.06. The molecule has 2 aliphatic rings. The standard InChI is InChI=1S/C17H23N5O2/c1-11(2)15-20-16(24-21-15)22-7-5-17(6-8-22)14-13(4-9-23-17)10-18-12(3)19-14/h10-11H,4-9H2,1-3H3. The van der Waals surface area contributed by atoms with E-state index in [-0.39, 0.29) is 11.5 Å². The zero-order chi connectivity index (χ0) is 16.7. The minimum Gasteiger partial charge on any atom is -0.368 e. The van der Waals surface area contributed by atoms with Crippen LogP contribution >= 0.6 is 0 Å². The molecule has 0 N–H and O–H groups in total. The molecule has 0 saturated carbocycles. The summed E-state index contributed by atoms with van der Waals surface area (Å²) in [7, 11) is 0. The molecule has 0 atom stereocenters. The summed E-state index contributed by atoms with van der Waals surface area (Å²) in [5.74, 6) is 1.83. The first kappa shape index (κ1) is 15.5. The molecule has 0 amide bonds. The summed E-state index contributed by atoms with van der Waals surface area (Å²) in [6.07, 6.45) is 4.59. The van der Waals surface area contributed by atoms with Crippen LogP contribution in [0.15, 0.2) is 10.7 Å². The monoisotopic (exact) mass is 329 g/mol. The van der Waals surface area contributed by atoms with Gasteiger partial charge in [-0.25, -0.2) is 9.97 Å². The van der Waals surface area contributed by atoms with E-state index in [2.05, 4.69) is 33.9 Å². The van der Waals surface area contributed by atoms with Gasteiger partial charge in [0.15, 0.2) is 5.82 Å². The van der Waals surface area contributed by atoms with Gasteiger partial charge in [0.05, 0.1) is 12.3 Å². The quantitative estimate of drug-likeness (QED) is 0.837. The lowest BCUT2D eigenvalue weighted by Crippen LogP contribution is -2.47. The highest BCUT2D eigenvalue weighted by molar-refractivity contribution is 5.32. The smallest absolute Gasteiger partial charge is 0.324 e. The fraction of sp³-hybridized carbons (Fsp3) is 0.647. The first-order valence-electron chi connectivity index (χ1n) is 8.63. The number of anilines is 1. The number of rotatable bonds is 2. The third kappa shape index (κ3) is 2.56. The van der Waals surface area contributed by atoms with Gasteiger partial charge in [0.2, 0.25) is 0 Å². The molecule has 0 bridgehead atoms. The van der Waals surface area contributed by atoms with Gasteiger partial charge in [-0.1, -0.05) is 19.0 Å². The molecule has 1 spiro atoms. The predicted octanol–water partition coefficient (Wildman–Crippen LogP) is 2.36. The summed E-state index contributed by atoms with van der Waals surface area (Å²) >= 11 is 0. The Bertz CT molecular complexity index is 734. The van der Waals surface area contributed by atoms with Crippen molar-refractivity contribution in [2.75, 3.05) is 24.6 Å². The largest absolute Gasteiger partial charge is 0.368 e. The van der Waals surface area contributed by atoms with Crippen molar-refractivity contribution in [3.8, 4) is 0 Å². The Balaban J connectivity index is 1.55. The molecule has 4 heterocycles. The Morgan fingerprint density at radius 2 is 2.00 bits per heavy atom. The maximum Gasteiger partial charge on any atom is 0.324 e. The summed E-state index contributed by atoms with van der Waals surface area (Å²) in [6.45, 7) is 8.44. The number of nitrogens with zero attached hydrogens (tertiary/aromatic N) is 5. The van der Waals surface area contributed by atoms with E-state index in [1.54, 1.807) is 0 Å². The van der Waals surface area contributed by atoms with Gasteiger partial charge in [-0.3, -0.25) is 0 Å². The van der Waals surface area contributed by atoms with Crippen LogP contribution in [0.5, 0.6) is 0 Å². The molecule has 0 aromatic carbocycles. The minimum absolute atomic E-state index is 0.270. The van der Waals surface area contributed by atoms with E-state index in [0.717, 1.165) is 56.3 Å². The molecule has 2 aromatic heterocycles. The fourth-order valence-electron chi connectivity index (χ4n) is 3.53. The van der Waals surface area contributed by atoms with Crippen molar-refractivity contribution < 1.29 is 9.26 Å². The van der Waals surface area contributed by atoms with Gasteiger partial charge in [0, 0.05) is 25.2 Å². The first-order chi connectivity index (χ1) is 11.6. The lowest BCUT2D eigenvalue weighted by molar-refractivity contribution is -0.0807. The number of ether oxygens (including phenoxy) is 1. The third-order valence-corrected chi connectivity index (χ3v) is 4.96. The van der Waals surface area contributed by atoms with E-state index < -0.39 is 0 Å². The predicted molar refractivity (Wildman–Crippen MR) is 87.9 cm³/mol. The maximum absolute atomic E-state index is 6.23. The summed E-state index contributed by atoms with van der Waals surface area (Å²) in [4.78, 5) is 15.7. The highest BCUT2D eigenvalue weighted by Crippen LogP contribution is 2.41. The second-order valence-corrected chi connectivity index (χ2v) is 6.96. The van der Waals surface area contributed by atoms with Gasteiger partial charge in [-0.05, 0) is 31.7 Å². The molecular formula is C17H23N5O2. The summed E-state index contributed by atoms with van der Waals surface area (Å²) in [5.41, 5.74) is 2.01. The minimum atomic E-state index is -0.293. The average Bonchev–Trinajstić information content (AvgIpc) is 3.07. The molecule has 0 unspecified atom stereocenters. The summed E-state index contributed by atoms with van der Waals surface area (Å²) in [6, 6.07) is 0.614. The fourth-order valence-corrected chi connectivity index (χ4v) is 3.53. The molecule has 2 aliphatic heterocycles. The van der Waals surface area contributed by atoms with Crippen molar-refractivity contribution in [2.24, 2.45) is 0 Å². The van der Waals surface area contributed by atoms with Gasteiger partial charge in [-0.2, -0.15) is 4.98 Å². The van der Waals surface area contributed by atoms with Crippen LogP contribution in [0.2, 0.25) is 0 Å².